The van der Waals surface area contributed by atoms with Crippen LogP contribution in [0.4, 0.5) is 5.69 Å². The maximum absolute atomic E-state index is 12.1. The van der Waals surface area contributed by atoms with Gasteiger partial charge >= 0.3 is 0 Å². The topological polar surface area (TPSA) is 29.1 Å². The highest BCUT2D eigenvalue weighted by atomic mass is 35.5. The molecule has 4 heteroatoms. The minimum Gasteiger partial charge on any atom is -0.321 e. The Balaban J connectivity index is 2.03. The summed E-state index contributed by atoms with van der Waals surface area (Å²) in [5.41, 5.74) is 3.75. The van der Waals surface area contributed by atoms with E-state index in [1.165, 1.54) is 4.88 Å². The normalized spacial score (nSPS) is 15.5. The molecule has 2 aromatic rings. The molecule has 3 rings (SSSR count). The molecule has 0 bridgehead atoms. The SMILES string of the molecule is Cc1ccc(C=C2C(=O)Nc3ccc(CCCl)cc32)s1. The number of nitrogens with one attached hydrogen (secondary N) is 1. The number of alkyl halides is 1. The van der Waals surface area contributed by atoms with Gasteiger partial charge in [0.25, 0.3) is 5.91 Å². The van der Waals surface area contributed by atoms with Gasteiger partial charge in [0.1, 0.15) is 0 Å². The van der Waals surface area contributed by atoms with Crippen molar-refractivity contribution in [2.45, 2.75) is 13.3 Å². The van der Waals surface area contributed by atoms with E-state index in [2.05, 4.69) is 24.4 Å². The molecule has 0 unspecified atom stereocenters. The molecule has 1 amide bonds. The summed E-state index contributed by atoms with van der Waals surface area (Å²) in [4.78, 5) is 14.5. The van der Waals surface area contributed by atoms with E-state index in [1.54, 1.807) is 11.3 Å². The Morgan fingerprint density at radius 3 is 2.85 bits per heavy atom. The number of amides is 1. The first-order valence-corrected chi connectivity index (χ1v) is 7.81. The number of hydrogen-bond acceptors (Lipinski definition) is 2. The highest BCUT2D eigenvalue weighted by Gasteiger charge is 2.24. The van der Waals surface area contributed by atoms with Crippen LogP contribution in [0.25, 0.3) is 11.6 Å². The van der Waals surface area contributed by atoms with Crippen LogP contribution in [-0.2, 0) is 11.2 Å². The van der Waals surface area contributed by atoms with Gasteiger partial charge in [-0.15, -0.1) is 22.9 Å². The molecule has 0 spiro atoms. The van der Waals surface area contributed by atoms with Gasteiger partial charge in [-0.25, -0.2) is 0 Å². The largest absolute Gasteiger partial charge is 0.321 e. The molecule has 2 nitrogen and oxygen atoms in total. The number of fused-ring (bicyclic) bond motifs is 1. The lowest BCUT2D eigenvalue weighted by Gasteiger charge is -2.02. The zero-order chi connectivity index (χ0) is 14.1. The smallest absolute Gasteiger partial charge is 0.256 e. The van der Waals surface area contributed by atoms with E-state index in [9.17, 15) is 4.79 Å². The number of carbonyl (C=O) groups excluding carboxylic acids is 1. The average Bonchev–Trinajstić information content (AvgIpc) is 2.96. The molecule has 0 radical (unpaired) electrons. The Morgan fingerprint density at radius 1 is 1.30 bits per heavy atom. The van der Waals surface area contributed by atoms with Crippen molar-refractivity contribution in [3.8, 4) is 0 Å². The third-order valence-corrected chi connectivity index (χ3v) is 4.43. The van der Waals surface area contributed by atoms with E-state index >= 15 is 0 Å². The van der Waals surface area contributed by atoms with E-state index in [-0.39, 0.29) is 5.91 Å². The second kappa shape index (κ2) is 5.43. The Labute approximate surface area is 127 Å². The molecule has 20 heavy (non-hydrogen) atoms. The molecule has 0 atom stereocenters. The summed E-state index contributed by atoms with van der Waals surface area (Å²) >= 11 is 7.48. The summed E-state index contributed by atoms with van der Waals surface area (Å²) in [6, 6.07) is 10.1. The van der Waals surface area contributed by atoms with Crippen molar-refractivity contribution in [2.24, 2.45) is 0 Å². The predicted molar refractivity (Wildman–Crippen MR) is 86.4 cm³/mol. The number of anilines is 1. The van der Waals surface area contributed by atoms with Gasteiger partial charge < -0.3 is 5.32 Å². The number of halogens is 1. The summed E-state index contributed by atoms with van der Waals surface area (Å²) in [6.45, 7) is 2.06. The zero-order valence-electron chi connectivity index (χ0n) is 11.1. The molecule has 0 fully saturated rings. The van der Waals surface area contributed by atoms with Crippen molar-refractivity contribution in [3.05, 3.63) is 51.2 Å². The number of rotatable bonds is 3. The quantitative estimate of drug-likeness (QED) is 0.663. The summed E-state index contributed by atoms with van der Waals surface area (Å²) in [6.07, 6.45) is 2.78. The monoisotopic (exact) mass is 303 g/mol. The Morgan fingerprint density at radius 2 is 2.15 bits per heavy atom. The van der Waals surface area contributed by atoms with Gasteiger partial charge in [0.15, 0.2) is 0 Å². The van der Waals surface area contributed by atoms with E-state index in [1.807, 2.05) is 24.3 Å². The molecule has 1 aromatic heterocycles. The van der Waals surface area contributed by atoms with Crippen molar-refractivity contribution in [3.63, 3.8) is 0 Å². The lowest BCUT2D eigenvalue weighted by molar-refractivity contribution is -0.110. The molecule has 102 valence electrons. The number of hydrogen-bond donors (Lipinski definition) is 1. The Bertz CT molecular complexity index is 702. The van der Waals surface area contributed by atoms with E-state index in [0.29, 0.717) is 5.88 Å². The molecule has 1 aromatic carbocycles. The van der Waals surface area contributed by atoms with Crippen LogP contribution in [0.5, 0.6) is 0 Å². The fraction of sp³-hybridized carbons (Fsp3) is 0.188. The third-order valence-electron chi connectivity index (χ3n) is 3.30. The first-order valence-electron chi connectivity index (χ1n) is 6.46. The van der Waals surface area contributed by atoms with Crippen LogP contribution in [0.1, 0.15) is 20.9 Å². The maximum Gasteiger partial charge on any atom is 0.256 e. The van der Waals surface area contributed by atoms with Gasteiger partial charge in [0, 0.05) is 26.9 Å². The van der Waals surface area contributed by atoms with E-state index in [4.69, 9.17) is 11.6 Å². The van der Waals surface area contributed by atoms with Crippen molar-refractivity contribution in [2.75, 3.05) is 11.2 Å². The summed E-state index contributed by atoms with van der Waals surface area (Å²) in [7, 11) is 0. The van der Waals surface area contributed by atoms with Gasteiger partial charge in [-0.05, 0) is 49.2 Å². The second-order valence-electron chi connectivity index (χ2n) is 4.78. The van der Waals surface area contributed by atoms with Crippen LogP contribution < -0.4 is 5.32 Å². The lowest BCUT2D eigenvalue weighted by atomic mass is 10.0. The molecule has 1 N–H and O–H groups in total. The summed E-state index contributed by atoms with van der Waals surface area (Å²) in [5, 5.41) is 2.91. The van der Waals surface area contributed by atoms with Crippen molar-refractivity contribution in [1.29, 1.82) is 0 Å². The van der Waals surface area contributed by atoms with Crippen molar-refractivity contribution < 1.29 is 4.79 Å². The fourth-order valence-electron chi connectivity index (χ4n) is 2.32. The van der Waals surface area contributed by atoms with Gasteiger partial charge in [0.2, 0.25) is 0 Å². The predicted octanol–water partition coefficient (Wildman–Crippen LogP) is 4.33. The minimum atomic E-state index is -0.0333. The maximum atomic E-state index is 12.1. The Kier molecular flexibility index (Phi) is 3.64. The van der Waals surface area contributed by atoms with Crippen LogP contribution in [0.3, 0.4) is 0 Å². The molecular formula is C16H14ClNOS. The van der Waals surface area contributed by atoms with Gasteiger partial charge in [0.05, 0.1) is 5.57 Å². The molecule has 0 saturated heterocycles. The highest BCUT2D eigenvalue weighted by molar-refractivity contribution is 7.12. The van der Waals surface area contributed by atoms with Crippen molar-refractivity contribution >= 4 is 46.2 Å². The van der Waals surface area contributed by atoms with Crippen LogP contribution in [0, 0.1) is 6.92 Å². The van der Waals surface area contributed by atoms with E-state index in [0.717, 1.165) is 33.7 Å². The summed E-state index contributed by atoms with van der Waals surface area (Å²) in [5.74, 6) is 0.553. The molecule has 1 aliphatic rings. The first-order chi connectivity index (χ1) is 9.67. The number of thiophene rings is 1. The molecule has 0 saturated carbocycles. The molecule has 1 aliphatic heterocycles. The minimum absolute atomic E-state index is 0.0333. The van der Waals surface area contributed by atoms with Gasteiger partial charge in [-0.2, -0.15) is 0 Å². The molecule has 2 heterocycles. The second-order valence-corrected chi connectivity index (χ2v) is 6.48. The Hall–Kier alpha value is -1.58. The average molecular weight is 304 g/mol. The van der Waals surface area contributed by atoms with Crippen LogP contribution in [0.15, 0.2) is 30.3 Å². The lowest BCUT2D eigenvalue weighted by Crippen LogP contribution is -2.03. The number of benzene rings is 1. The first kappa shape index (κ1) is 13.4. The third kappa shape index (κ3) is 2.51. The number of carbonyl (C=O) groups is 1. The van der Waals surface area contributed by atoms with Crippen LogP contribution in [0.2, 0.25) is 0 Å². The molecular weight excluding hydrogens is 290 g/mol. The van der Waals surface area contributed by atoms with Gasteiger partial charge in [-0.1, -0.05) is 6.07 Å². The van der Waals surface area contributed by atoms with Crippen LogP contribution >= 0.6 is 22.9 Å². The van der Waals surface area contributed by atoms with Crippen molar-refractivity contribution in [1.82, 2.24) is 0 Å². The highest BCUT2D eigenvalue weighted by Crippen LogP contribution is 2.34. The summed E-state index contributed by atoms with van der Waals surface area (Å²) < 4.78 is 0. The fourth-order valence-corrected chi connectivity index (χ4v) is 3.36. The van der Waals surface area contributed by atoms with E-state index < -0.39 is 0 Å². The standard InChI is InChI=1S/C16H14ClNOS/c1-10-2-4-12(20-10)9-14-13-8-11(6-7-17)3-5-15(13)18-16(14)19/h2-5,8-9H,6-7H2,1H3,(H,18,19). The number of aryl methyl sites for hydroxylation is 2. The van der Waals surface area contributed by atoms with Crippen LogP contribution in [-0.4, -0.2) is 11.8 Å². The van der Waals surface area contributed by atoms with Gasteiger partial charge in [-0.3, -0.25) is 4.79 Å². The zero-order valence-corrected chi connectivity index (χ0v) is 12.6. The molecule has 0 aliphatic carbocycles.